The van der Waals surface area contributed by atoms with Crippen LogP contribution < -0.4 is 0 Å². The highest BCUT2D eigenvalue weighted by Gasteiger charge is 2.21. The molecule has 124 valence electrons. The second-order valence-electron chi connectivity index (χ2n) is 5.39. The zero-order valence-corrected chi connectivity index (χ0v) is 15.1. The van der Waals surface area contributed by atoms with Gasteiger partial charge < -0.3 is 4.90 Å². The molecule has 1 amide bonds. The minimum Gasteiger partial charge on any atom is -0.334 e. The summed E-state index contributed by atoms with van der Waals surface area (Å²) >= 11 is 3.02. The minimum absolute atomic E-state index is 0.0572. The fraction of sp³-hybridized carbons (Fsp3) is 0.222. The molecule has 3 aromatic rings. The number of halogens is 1. The van der Waals surface area contributed by atoms with E-state index in [-0.39, 0.29) is 11.7 Å². The van der Waals surface area contributed by atoms with Crippen LogP contribution in [-0.4, -0.2) is 22.3 Å². The van der Waals surface area contributed by atoms with Gasteiger partial charge in [-0.05, 0) is 43.0 Å². The maximum absolute atomic E-state index is 13.4. The van der Waals surface area contributed by atoms with Gasteiger partial charge in [0.2, 0.25) is 0 Å². The Hall–Kier alpha value is -2.05. The average Bonchev–Trinajstić information content (AvgIpc) is 3.21. The first-order valence-corrected chi connectivity index (χ1v) is 9.38. The predicted octanol–water partition coefficient (Wildman–Crippen LogP) is 4.98. The molecule has 2 aromatic heterocycles. The number of carbonyl (C=O) groups is 1. The lowest BCUT2D eigenvalue weighted by atomic mass is 10.2. The molecule has 0 saturated carbocycles. The first kappa shape index (κ1) is 16.8. The Morgan fingerprint density at radius 2 is 2.17 bits per heavy atom. The zero-order chi connectivity index (χ0) is 17.1. The third-order valence-electron chi connectivity index (χ3n) is 3.69. The maximum atomic E-state index is 13.4. The second-order valence-corrected chi connectivity index (χ2v) is 7.17. The number of aromatic nitrogens is 1. The highest BCUT2D eigenvalue weighted by molar-refractivity contribution is 7.17. The molecule has 3 nitrogen and oxygen atoms in total. The Bertz CT molecular complexity index is 843. The highest BCUT2D eigenvalue weighted by atomic mass is 32.1. The summed E-state index contributed by atoms with van der Waals surface area (Å²) in [6.07, 6.45) is 0. The lowest BCUT2D eigenvalue weighted by molar-refractivity contribution is 0.0756. The van der Waals surface area contributed by atoms with Crippen molar-refractivity contribution in [1.82, 2.24) is 9.88 Å². The molecule has 24 heavy (non-hydrogen) atoms. The van der Waals surface area contributed by atoms with Crippen molar-refractivity contribution in [2.45, 2.75) is 20.4 Å². The first-order valence-electron chi connectivity index (χ1n) is 7.62. The standard InChI is InChI=1S/C18H17FN2OS2/c1-3-21(10-13-5-4-6-15(19)9-13)18(22)16-12(2)20-17(24-16)14-7-8-23-11-14/h4-9,11H,3,10H2,1-2H3. The smallest absolute Gasteiger partial charge is 0.266 e. The molecule has 0 aliphatic heterocycles. The molecular weight excluding hydrogens is 343 g/mol. The number of carbonyl (C=O) groups excluding carboxylic acids is 1. The molecule has 0 radical (unpaired) electrons. The van der Waals surface area contributed by atoms with Crippen LogP contribution in [0.1, 0.15) is 27.9 Å². The number of benzene rings is 1. The van der Waals surface area contributed by atoms with E-state index in [1.54, 1.807) is 22.3 Å². The van der Waals surface area contributed by atoms with Gasteiger partial charge in [0.1, 0.15) is 15.7 Å². The summed E-state index contributed by atoms with van der Waals surface area (Å²) in [4.78, 5) is 19.8. The number of hydrogen-bond acceptors (Lipinski definition) is 4. The van der Waals surface area contributed by atoms with E-state index in [0.717, 1.165) is 21.8 Å². The van der Waals surface area contributed by atoms with E-state index >= 15 is 0 Å². The molecular formula is C18H17FN2OS2. The van der Waals surface area contributed by atoms with E-state index in [9.17, 15) is 9.18 Å². The topological polar surface area (TPSA) is 33.2 Å². The third kappa shape index (κ3) is 3.55. The molecule has 0 aliphatic carbocycles. The van der Waals surface area contributed by atoms with Crippen LogP contribution in [-0.2, 0) is 6.54 Å². The van der Waals surface area contributed by atoms with E-state index in [0.29, 0.717) is 18.0 Å². The number of thiophene rings is 1. The molecule has 6 heteroatoms. The maximum Gasteiger partial charge on any atom is 0.266 e. The third-order valence-corrected chi connectivity index (χ3v) is 5.57. The number of thiazole rings is 1. The molecule has 2 heterocycles. The fourth-order valence-electron chi connectivity index (χ4n) is 2.43. The number of hydrogen-bond donors (Lipinski definition) is 0. The van der Waals surface area contributed by atoms with Crippen LogP contribution in [0.2, 0.25) is 0 Å². The van der Waals surface area contributed by atoms with E-state index in [4.69, 9.17) is 0 Å². The van der Waals surface area contributed by atoms with Gasteiger partial charge in [0.15, 0.2) is 0 Å². The van der Waals surface area contributed by atoms with Crippen molar-refractivity contribution in [3.05, 3.63) is 63.0 Å². The van der Waals surface area contributed by atoms with Crippen LogP contribution in [0.15, 0.2) is 41.1 Å². The molecule has 0 fully saturated rings. The molecule has 0 saturated heterocycles. The van der Waals surface area contributed by atoms with Crippen molar-refractivity contribution in [2.24, 2.45) is 0 Å². The van der Waals surface area contributed by atoms with Gasteiger partial charge in [-0.2, -0.15) is 11.3 Å². The largest absolute Gasteiger partial charge is 0.334 e. The Morgan fingerprint density at radius 1 is 1.33 bits per heavy atom. The van der Waals surface area contributed by atoms with Crippen LogP contribution in [0.3, 0.4) is 0 Å². The lowest BCUT2D eigenvalue weighted by Gasteiger charge is -2.20. The molecule has 0 bridgehead atoms. The van der Waals surface area contributed by atoms with E-state index in [1.165, 1.54) is 23.5 Å². The molecule has 0 aliphatic rings. The van der Waals surface area contributed by atoms with E-state index in [2.05, 4.69) is 4.98 Å². The molecule has 1 aromatic carbocycles. The van der Waals surface area contributed by atoms with Crippen LogP contribution in [0.5, 0.6) is 0 Å². The molecule has 3 rings (SSSR count). The Morgan fingerprint density at radius 3 is 2.83 bits per heavy atom. The van der Waals surface area contributed by atoms with Crippen molar-refractivity contribution in [2.75, 3.05) is 6.54 Å². The van der Waals surface area contributed by atoms with Gasteiger partial charge in [-0.1, -0.05) is 12.1 Å². The number of nitrogens with zero attached hydrogens (tertiary/aromatic N) is 2. The Kier molecular flexibility index (Phi) is 5.06. The molecule has 0 spiro atoms. The fourth-order valence-corrected chi connectivity index (χ4v) is 4.18. The van der Waals surface area contributed by atoms with Crippen LogP contribution in [0, 0.1) is 12.7 Å². The minimum atomic E-state index is -0.287. The summed E-state index contributed by atoms with van der Waals surface area (Å²) in [7, 11) is 0. The highest BCUT2D eigenvalue weighted by Crippen LogP contribution is 2.30. The van der Waals surface area contributed by atoms with E-state index < -0.39 is 0 Å². The number of amides is 1. The second kappa shape index (κ2) is 7.23. The normalized spacial score (nSPS) is 10.8. The Balaban J connectivity index is 1.84. The van der Waals surface area contributed by atoms with E-state index in [1.807, 2.05) is 36.7 Å². The molecule has 0 N–H and O–H groups in total. The van der Waals surface area contributed by atoms with Gasteiger partial charge in [-0.3, -0.25) is 4.79 Å². The van der Waals surface area contributed by atoms with Gasteiger partial charge in [0.25, 0.3) is 5.91 Å². The molecule has 0 unspecified atom stereocenters. The first-order chi connectivity index (χ1) is 11.6. The monoisotopic (exact) mass is 360 g/mol. The number of aryl methyl sites for hydroxylation is 1. The van der Waals surface area contributed by atoms with Crippen LogP contribution in [0.4, 0.5) is 4.39 Å². The lowest BCUT2D eigenvalue weighted by Crippen LogP contribution is -2.30. The SMILES string of the molecule is CCN(Cc1cccc(F)c1)C(=O)c1sc(-c2ccsc2)nc1C. The number of rotatable bonds is 5. The van der Waals surface area contributed by atoms with Crippen molar-refractivity contribution in [3.8, 4) is 10.6 Å². The summed E-state index contributed by atoms with van der Waals surface area (Å²) in [6.45, 7) is 4.72. The van der Waals surface area contributed by atoms with Gasteiger partial charge in [-0.25, -0.2) is 9.37 Å². The summed E-state index contributed by atoms with van der Waals surface area (Å²) in [5.41, 5.74) is 2.56. The van der Waals surface area contributed by atoms with Crippen LogP contribution >= 0.6 is 22.7 Å². The Labute approximate surface area is 148 Å². The summed E-state index contributed by atoms with van der Waals surface area (Å²) in [5.74, 6) is -0.344. The summed E-state index contributed by atoms with van der Waals surface area (Å²) in [6, 6.07) is 8.36. The molecule has 0 atom stereocenters. The van der Waals surface area contributed by atoms with Crippen molar-refractivity contribution >= 4 is 28.6 Å². The van der Waals surface area contributed by atoms with Gasteiger partial charge >= 0.3 is 0 Å². The summed E-state index contributed by atoms with van der Waals surface area (Å²) < 4.78 is 13.4. The van der Waals surface area contributed by atoms with Gasteiger partial charge in [0, 0.05) is 24.0 Å². The van der Waals surface area contributed by atoms with Gasteiger partial charge in [0.05, 0.1) is 5.69 Å². The van der Waals surface area contributed by atoms with Gasteiger partial charge in [-0.15, -0.1) is 11.3 Å². The zero-order valence-electron chi connectivity index (χ0n) is 13.5. The predicted molar refractivity (Wildman–Crippen MR) is 97.0 cm³/mol. The quantitative estimate of drug-likeness (QED) is 0.643. The van der Waals surface area contributed by atoms with Crippen LogP contribution in [0.25, 0.3) is 10.6 Å². The van der Waals surface area contributed by atoms with Crippen molar-refractivity contribution in [1.29, 1.82) is 0 Å². The summed E-state index contributed by atoms with van der Waals surface area (Å²) in [5, 5.41) is 4.88. The average molecular weight is 360 g/mol. The van der Waals surface area contributed by atoms with Crippen molar-refractivity contribution in [3.63, 3.8) is 0 Å². The van der Waals surface area contributed by atoms with Crippen molar-refractivity contribution < 1.29 is 9.18 Å².